The van der Waals surface area contributed by atoms with Crippen LogP contribution in [0.2, 0.25) is 0 Å². The number of hydrogen-bond donors (Lipinski definition) is 1. The normalized spacial score (nSPS) is 10.8. The van der Waals surface area contributed by atoms with Crippen LogP contribution in [0.1, 0.15) is 15.9 Å². The minimum atomic E-state index is -0.898. The third kappa shape index (κ3) is 2.14. The van der Waals surface area contributed by atoms with Crippen LogP contribution < -0.4 is 4.74 Å². The minimum Gasteiger partial charge on any atom is -0.495 e. The summed E-state index contributed by atoms with van der Waals surface area (Å²) in [5.74, 6) is -2.09. The lowest BCUT2D eigenvalue weighted by Crippen LogP contribution is -2.07. The molecule has 21 heavy (non-hydrogen) atoms. The average molecular weight is 288 g/mol. The maximum absolute atomic E-state index is 13.7. The van der Waals surface area contributed by atoms with Gasteiger partial charge >= 0.3 is 0 Å². The summed E-state index contributed by atoms with van der Waals surface area (Å²) in [4.78, 5) is 19.3. The molecule has 106 valence electrons. The third-order valence-electron chi connectivity index (χ3n) is 3.18. The molecular formula is C15H10F2N2O2. The Balaban J connectivity index is 2.18. The number of ketones is 1. The molecule has 0 spiro atoms. The van der Waals surface area contributed by atoms with E-state index < -0.39 is 23.0 Å². The zero-order chi connectivity index (χ0) is 15.0. The fourth-order valence-corrected chi connectivity index (χ4v) is 2.13. The number of hydrogen-bond acceptors (Lipinski definition) is 3. The third-order valence-corrected chi connectivity index (χ3v) is 3.18. The van der Waals surface area contributed by atoms with Crippen molar-refractivity contribution in [3.63, 3.8) is 0 Å². The van der Waals surface area contributed by atoms with Gasteiger partial charge in [-0.3, -0.25) is 4.79 Å². The highest BCUT2D eigenvalue weighted by atomic mass is 19.1. The predicted molar refractivity (Wildman–Crippen MR) is 72.4 cm³/mol. The van der Waals surface area contributed by atoms with Crippen molar-refractivity contribution in [2.45, 2.75) is 0 Å². The zero-order valence-corrected chi connectivity index (χ0v) is 11.0. The lowest BCUT2D eigenvalue weighted by Gasteiger charge is -2.04. The number of methoxy groups -OCH3 is 1. The van der Waals surface area contributed by atoms with E-state index in [1.165, 1.54) is 25.6 Å². The Bertz CT molecular complexity index is 823. The molecule has 0 saturated heterocycles. The van der Waals surface area contributed by atoms with E-state index in [0.29, 0.717) is 16.8 Å². The van der Waals surface area contributed by atoms with Gasteiger partial charge < -0.3 is 9.72 Å². The van der Waals surface area contributed by atoms with Crippen LogP contribution in [-0.2, 0) is 0 Å². The lowest BCUT2D eigenvalue weighted by atomic mass is 10.0. The van der Waals surface area contributed by atoms with Crippen molar-refractivity contribution >= 4 is 16.8 Å². The van der Waals surface area contributed by atoms with Crippen LogP contribution >= 0.6 is 0 Å². The number of fused-ring (bicyclic) bond motifs is 1. The minimum absolute atomic E-state index is 0.139. The van der Waals surface area contributed by atoms with Crippen LogP contribution in [0.15, 0.2) is 36.7 Å². The molecule has 6 heteroatoms. The molecule has 1 N–H and O–H groups in total. The number of nitrogens with one attached hydrogen (secondary N) is 1. The van der Waals surface area contributed by atoms with E-state index >= 15 is 0 Å². The van der Waals surface area contributed by atoms with Gasteiger partial charge in [-0.05, 0) is 18.2 Å². The van der Waals surface area contributed by atoms with Gasteiger partial charge in [0.25, 0.3) is 0 Å². The molecule has 4 nitrogen and oxygen atoms in total. The number of aromatic amines is 1. The summed E-state index contributed by atoms with van der Waals surface area (Å²) in [6.07, 6.45) is 2.86. The fourth-order valence-electron chi connectivity index (χ4n) is 2.13. The first-order valence-electron chi connectivity index (χ1n) is 6.11. The van der Waals surface area contributed by atoms with E-state index in [2.05, 4.69) is 9.97 Å². The molecule has 0 aliphatic heterocycles. The smallest absolute Gasteiger partial charge is 0.201 e. The van der Waals surface area contributed by atoms with Gasteiger partial charge in [-0.25, -0.2) is 13.8 Å². The molecule has 1 aromatic carbocycles. The number of carbonyl (C=O) groups is 1. The van der Waals surface area contributed by atoms with Crippen molar-refractivity contribution in [1.82, 2.24) is 9.97 Å². The van der Waals surface area contributed by atoms with Gasteiger partial charge in [0.2, 0.25) is 5.78 Å². The summed E-state index contributed by atoms with van der Waals surface area (Å²) in [6.45, 7) is 0. The summed E-state index contributed by atoms with van der Waals surface area (Å²) < 4.78 is 32.5. The summed E-state index contributed by atoms with van der Waals surface area (Å²) in [5.41, 5.74) is -0.00230. The zero-order valence-electron chi connectivity index (χ0n) is 11.0. The number of carbonyl (C=O) groups excluding carboxylic acids is 1. The number of pyridine rings is 1. The molecule has 2 heterocycles. The Morgan fingerprint density at radius 1 is 1.29 bits per heavy atom. The van der Waals surface area contributed by atoms with Crippen molar-refractivity contribution in [2.24, 2.45) is 0 Å². The van der Waals surface area contributed by atoms with E-state index in [9.17, 15) is 13.6 Å². The highest BCUT2D eigenvalue weighted by molar-refractivity contribution is 6.16. The molecule has 3 rings (SSSR count). The standard InChI is InChI=1S/C15H10F2N2O2/c1-21-8-5-9-10(7-19-15(9)18-6-8)14(20)13-11(16)3-2-4-12(13)17/h2-7H,1H3,(H,18,19). The van der Waals surface area contributed by atoms with Crippen molar-refractivity contribution in [1.29, 1.82) is 0 Å². The summed E-state index contributed by atoms with van der Waals surface area (Å²) in [6, 6.07) is 4.89. The van der Waals surface area contributed by atoms with E-state index in [-0.39, 0.29) is 5.56 Å². The van der Waals surface area contributed by atoms with Gasteiger partial charge in [0.15, 0.2) is 0 Å². The summed E-state index contributed by atoms with van der Waals surface area (Å²) >= 11 is 0. The number of rotatable bonds is 3. The number of aromatic nitrogens is 2. The highest BCUT2D eigenvalue weighted by Crippen LogP contribution is 2.25. The van der Waals surface area contributed by atoms with E-state index in [1.54, 1.807) is 6.07 Å². The fraction of sp³-hybridized carbons (Fsp3) is 0.0667. The first-order chi connectivity index (χ1) is 10.1. The van der Waals surface area contributed by atoms with Gasteiger partial charge in [0.1, 0.15) is 23.0 Å². The molecular weight excluding hydrogens is 278 g/mol. The van der Waals surface area contributed by atoms with Gasteiger partial charge in [0, 0.05) is 17.1 Å². The number of H-pyrrole nitrogens is 1. The van der Waals surface area contributed by atoms with Crippen LogP contribution in [-0.4, -0.2) is 22.9 Å². The molecule has 3 aromatic rings. The molecule has 0 aliphatic rings. The van der Waals surface area contributed by atoms with Crippen molar-refractivity contribution in [3.8, 4) is 5.75 Å². The van der Waals surface area contributed by atoms with Crippen molar-refractivity contribution in [2.75, 3.05) is 7.11 Å². The second-order valence-corrected chi connectivity index (χ2v) is 4.40. The van der Waals surface area contributed by atoms with Gasteiger partial charge in [0.05, 0.1) is 18.9 Å². The Morgan fingerprint density at radius 3 is 2.67 bits per heavy atom. The topological polar surface area (TPSA) is 55.0 Å². The Kier molecular flexibility index (Phi) is 3.13. The first-order valence-corrected chi connectivity index (χ1v) is 6.11. The molecule has 0 saturated carbocycles. The number of nitrogens with zero attached hydrogens (tertiary/aromatic N) is 1. The van der Waals surface area contributed by atoms with Crippen molar-refractivity contribution < 1.29 is 18.3 Å². The van der Waals surface area contributed by atoms with E-state index in [1.807, 2.05) is 0 Å². The van der Waals surface area contributed by atoms with Gasteiger partial charge in [-0.1, -0.05) is 6.07 Å². The highest BCUT2D eigenvalue weighted by Gasteiger charge is 2.22. The lowest BCUT2D eigenvalue weighted by molar-refractivity contribution is 0.103. The molecule has 0 amide bonds. The molecule has 0 aliphatic carbocycles. The number of halogens is 2. The Hall–Kier alpha value is -2.76. The maximum Gasteiger partial charge on any atom is 0.201 e. The first kappa shape index (κ1) is 13.2. The summed E-state index contributed by atoms with van der Waals surface area (Å²) in [7, 11) is 1.47. The van der Waals surface area contributed by atoms with Crippen LogP contribution in [0, 0.1) is 11.6 Å². The quantitative estimate of drug-likeness (QED) is 0.753. The Morgan fingerprint density at radius 2 is 2.00 bits per heavy atom. The van der Waals surface area contributed by atoms with E-state index in [4.69, 9.17) is 4.74 Å². The second kappa shape index (κ2) is 4.97. The van der Waals surface area contributed by atoms with E-state index in [0.717, 1.165) is 12.1 Å². The molecule has 2 aromatic heterocycles. The Labute approximate surface area is 118 Å². The van der Waals surface area contributed by atoms with Crippen LogP contribution in [0.5, 0.6) is 5.75 Å². The SMILES string of the molecule is COc1cnc2[nH]cc(C(=O)c3c(F)cccc3F)c2c1. The molecule has 0 atom stereocenters. The molecule has 0 fully saturated rings. The van der Waals surface area contributed by atoms with Crippen LogP contribution in [0.25, 0.3) is 11.0 Å². The molecule has 0 radical (unpaired) electrons. The van der Waals surface area contributed by atoms with Crippen LogP contribution in [0.4, 0.5) is 8.78 Å². The van der Waals surface area contributed by atoms with Gasteiger partial charge in [-0.15, -0.1) is 0 Å². The average Bonchev–Trinajstić information content (AvgIpc) is 2.89. The molecule has 0 unspecified atom stereocenters. The molecule has 0 bridgehead atoms. The predicted octanol–water partition coefficient (Wildman–Crippen LogP) is 3.08. The number of benzene rings is 1. The second-order valence-electron chi connectivity index (χ2n) is 4.40. The summed E-state index contributed by atoms with van der Waals surface area (Å²) in [5, 5.41) is 0.446. The van der Waals surface area contributed by atoms with Crippen LogP contribution in [0.3, 0.4) is 0 Å². The largest absolute Gasteiger partial charge is 0.495 e. The van der Waals surface area contributed by atoms with Crippen molar-refractivity contribution in [3.05, 3.63) is 59.4 Å². The maximum atomic E-state index is 13.7. The van der Waals surface area contributed by atoms with Gasteiger partial charge in [-0.2, -0.15) is 0 Å². The number of ether oxygens (including phenoxy) is 1. The monoisotopic (exact) mass is 288 g/mol.